The number of carbonyl (C=O) groups is 2. The Hall–Kier alpha value is -2.53. The van der Waals surface area contributed by atoms with Gasteiger partial charge in [-0.25, -0.2) is 20.1 Å². The van der Waals surface area contributed by atoms with Crippen molar-refractivity contribution in [3.63, 3.8) is 0 Å². The highest BCUT2D eigenvalue weighted by molar-refractivity contribution is 7.59. The smallest absolute Gasteiger partial charge is 0.326 e. The van der Waals surface area contributed by atoms with Gasteiger partial charge < -0.3 is 24.5 Å². The van der Waals surface area contributed by atoms with Gasteiger partial charge in [0.05, 0.1) is 37.9 Å². The van der Waals surface area contributed by atoms with Crippen molar-refractivity contribution in [1.82, 2.24) is 24.7 Å². The van der Waals surface area contributed by atoms with Gasteiger partial charge in [-0.1, -0.05) is 38.5 Å². The van der Waals surface area contributed by atoms with E-state index in [4.69, 9.17) is 19.9 Å². The molecular weight excluding hydrogens is 595 g/mol. The molecule has 4 rings (SSSR count). The Labute approximate surface area is 267 Å². The zero-order valence-electron chi connectivity index (χ0n) is 27.7. The number of nitrogen functional groups attached to an aromatic ring is 1. The topological polar surface area (TPSA) is 160 Å². The minimum Gasteiger partial charge on any atom is -0.464 e. The molecular formula is C32H53N6O6P. The van der Waals surface area contributed by atoms with Crippen LogP contribution in [0.25, 0.3) is 11.2 Å². The van der Waals surface area contributed by atoms with Crippen LogP contribution in [0.4, 0.5) is 5.69 Å². The number of nitrogens with zero attached hydrogens (tertiary/aromatic N) is 3. The number of anilines is 1. The van der Waals surface area contributed by atoms with Crippen molar-refractivity contribution in [3.05, 3.63) is 18.6 Å². The van der Waals surface area contributed by atoms with Gasteiger partial charge in [-0.15, -0.1) is 0 Å². The van der Waals surface area contributed by atoms with E-state index in [0.29, 0.717) is 48.4 Å². The van der Waals surface area contributed by atoms with Gasteiger partial charge in [-0.05, 0) is 78.2 Å². The van der Waals surface area contributed by atoms with Crippen molar-refractivity contribution in [3.8, 4) is 0 Å². The van der Waals surface area contributed by atoms with Crippen LogP contribution < -0.4 is 15.9 Å². The SMILES string of the molecule is C[C@H](Cn1cnc2c(N)ccnc21)OCP(=O)(NC(C)(C)C(=O)OCC1CCCCC1)NC(C)(C)C(=O)OCC1CCCCC1. The molecule has 2 aromatic rings. The van der Waals surface area contributed by atoms with Crippen LogP contribution >= 0.6 is 7.44 Å². The van der Waals surface area contributed by atoms with E-state index in [1.54, 1.807) is 46.3 Å². The monoisotopic (exact) mass is 648 g/mol. The molecule has 2 aliphatic carbocycles. The van der Waals surface area contributed by atoms with Crippen molar-refractivity contribution in [1.29, 1.82) is 0 Å². The lowest BCUT2D eigenvalue weighted by Crippen LogP contribution is -2.54. The Kier molecular flexibility index (Phi) is 12.1. The van der Waals surface area contributed by atoms with Crippen molar-refractivity contribution in [2.45, 2.75) is 123 Å². The van der Waals surface area contributed by atoms with Gasteiger partial charge in [-0.3, -0.25) is 14.2 Å². The molecule has 45 heavy (non-hydrogen) atoms. The van der Waals surface area contributed by atoms with E-state index in [-0.39, 0.29) is 6.35 Å². The molecule has 0 saturated heterocycles. The van der Waals surface area contributed by atoms with Gasteiger partial charge in [0.1, 0.15) is 22.9 Å². The summed E-state index contributed by atoms with van der Waals surface area (Å²) in [5.41, 5.74) is 5.13. The Bertz CT molecular complexity index is 1280. The predicted octanol–water partition coefficient (Wildman–Crippen LogP) is 5.55. The average molecular weight is 649 g/mol. The van der Waals surface area contributed by atoms with Crippen LogP contribution in [-0.2, 0) is 34.9 Å². The summed E-state index contributed by atoms with van der Waals surface area (Å²) in [5.74, 6) is -0.326. The third-order valence-electron chi connectivity index (χ3n) is 8.82. The van der Waals surface area contributed by atoms with E-state index < -0.39 is 36.6 Å². The summed E-state index contributed by atoms with van der Waals surface area (Å²) in [6.07, 6.45) is 13.7. The van der Waals surface area contributed by atoms with Crippen LogP contribution in [0.3, 0.4) is 0 Å². The number of carbonyl (C=O) groups excluding carboxylic acids is 2. The normalized spacial score (nSPS) is 18.2. The fraction of sp³-hybridized carbons (Fsp3) is 0.750. The molecule has 2 aliphatic rings. The fourth-order valence-corrected chi connectivity index (χ4v) is 8.86. The molecule has 0 bridgehead atoms. The first-order valence-electron chi connectivity index (χ1n) is 16.5. The lowest BCUT2D eigenvalue weighted by molar-refractivity contribution is -0.151. The number of pyridine rings is 1. The van der Waals surface area contributed by atoms with Crippen LogP contribution in [-0.4, -0.2) is 63.2 Å². The largest absolute Gasteiger partial charge is 0.464 e. The number of nitrogens with two attached hydrogens (primary N) is 1. The standard InChI is InChI=1S/C32H53N6O6P/c1-23(18-38-21-35-27-26(33)16-17-34-28(27)38)44-22-45(41,36-31(2,3)29(39)42-19-24-12-8-6-9-13-24)37-32(4,5)30(40)43-20-25-14-10-7-11-15-25/h16-17,21,23-25H,6-15,18-20,22H2,1-5H3,(H2,33,34)(H2,36,37,41)/t23-/m1/s1. The molecule has 2 heterocycles. The highest BCUT2D eigenvalue weighted by atomic mass is 31.2. The number of hydrogen-bond donors (Lipinski definition) is 3. The molecule has 0 amide bonds. The van der Waals surface area contributed by atoms with E-state index in [1.165, 1.54) is 12.8 Å². The summed E-state index contributed by atoms with van der Waals surface area (Å²) in [6, 6.07) is 1.69. The van der Waals surface area contributed by atoms with Gasteiger partial charge in [0, 0.05) is 6.20 Å². The quantitative estimate of drug-likeness (QED) is 0.164. The van der Waals surface area contributed by atoms with E-state index in [2.05, 4.69) is 20.1 Å². The molecule has 0 aliphatic heterocycles. The highest BCUT2D eigenvalue weighted by Crippen LogP contribution is 2.42. The average Bonchev–Trinajstić information content (AvgIpc) is 3.41. The summed E-state index contributed by atoms with van der Waals surface area (Å²) in [6.45, 7) is 9.43. The number of nitrogens with one attached hydrogen (secondary N) is 2. The van der Waals surface area contributed by atoms with Crippen LogP contribution in [0, 0.1) is 11.8 Å². The second kappa shape index (κ2) is 15.4. The molecule has 1 atom stereocenters. The molecule has 2 saturated carbocycles. The number of fused-ring (bicyclic) bond motifs is 1. The van der Waals surface area contributed by atoms with E-state index in [0.717, 1.165) is 51.4 Å². The molecule has 252 valence electrons. The van der Waals surface area contributed by atoms with Gasteiger partial charge in [0.15, 0.2) is 5.65 Å². The van der Waals surface area contributed by atoms with Gasteiger partial charge >= 0.3 is 11.9 Å². The van der Waals surface area contributed by atoms with Gasteiger partial charge in [0.25, 0.3) is 0 Å². The Morgan fingerprint density at radius 2 is 1.44 bits per heavy atom. The van der Waals surface area contributed by atoms with Crippen LogP contribution in [0.15, 0.2) is 18.6 Å². The second-order valence-corrected chi connectivity index (χ2v) is 16.2. The Balaban J connectivity index is 1.44. The molecule has 2 aromatic heterocycles. The summed E-state index contributed by atoms with van der Waals surface area (Å²) in [4.78, 5) is 35.3. The van der Waals surface area contributed by atoms with Crippen molar-refractivity contribution in [2.75, 3.05) is 25.3 Å². The maximum atomic E-state index is 14.6. The number of imidazole rings is 1. The highest BCUT2D eigenvalue weighted by Gasteiger charge is 2.43. The van der Waals surface area contributed by atoms with E-state index in [9.17, 15) is 14.2 Å². The second-order valence-electron chi connectivity index (χ2n) is 14.0. The Morgan fingerprint density at radius 3 is 1.96 bits per heavy atom. The fourth-order valence-electron chi connectivity index (χ4n) is 6.22. The summed E-state index contributed by atoms with van der Waals surface area (Å²) >= 11 is 0. The lowest BCUT2D eigenvalue weighted by atomic mass is 9.90. The van der Waals surface area contributed by atoms with Crippen LogP contribution in [0.5, 0.6) is 0 Å². The molecule has 0 aromatic carbocycles. The van der Waals surface area contributed by atoms with Crippen molar-refractivity contribution >= 4 is 36.2 Å². The molecule has 0 radical (unpaired) electrons. The van der Waals surface area contributed by atoms with Crippen LogP contribution in [0.1, 0.15) is 98.8 Å². The molecule has 12 nitrogen and oxygen atoms in total. The number of ether oxygens (including phenoxy) is 3. The van der Waals surface area contributed by atoms with E-state index >= 15 is 0 Å². The first kappa shape index (κ1) is 35.3. The minimum atomic E-state index is -3.77. The minimum absolute atomic E-state index is 0.297. The molecule has 13 heteroatoms. The number of hydrogen-bond acceptors (Lipinski definition) is 9. The van der Waals surface area contributed by atoms with Crippen LogP contribution in [0.2, 0.25) is 0 Å². The zero-order valence-corrected chi connectivity index (χ0v) is 28.6. The van der Waals surface area contributed by atoms with Gasteiger partial charge in [0.2, 0.25) is 7.44 Å². The summed E-state index contributed by atoms with van der Waals surface area (Å²) in [5, 5.41) is 6.03. The predicted molar refractivity (Wildman–Crippen MR) is 174 cm³/mol. The first-order valence-corrected chi connectivity index (χ1v) is 18.4. The zero-order chi connectivity index (χ0) is 32.7. The number of aromatic nitrogens is 3. The maximum Gasteiger partial charge on any atom is 0.326 e. The first-order chi connectivity index (χ1) is 21.3. The van der Waals surface area contributed by atoms with Gasteiger partial charge in [-0.2, -0.15) is 0 Å². The lowest BCUT2D eigenvalue weighted by Gasteiger charge is -2.36. The van der Waals surface area contributed by atoms with E-state index in [1.807, 2.05) is 11.5 Å². The third-order valence-corrected chi connectivity index (χ3v) is 11.2. The summed E-state index contributed by atoms with van der Waals surface area (Å²) < 4.78 is 34.0. The summed E-state index contributed by atoms with van der Waals surface area (Å²) in [7, 11) is -3.77. The number of rotatable bonds is 15. The number of esters is 2. The molecule has 0 unspecified atom stereocenters. The molecule has 2 fully saturated rings. The molecule has 0 spiro atoms. The van der Waals surface area contributed by atoms with Crippen molar-refractivity contribution < 1.29 is 28.4 Å². The van der Waals surface area contributed by atoms with Crippen molar-refractivity contribution in [2.24, 2.45) is 11.8 Å². The molecule has 4 N–H and O–H groups in total. The Morgan fingerprint density at radius 1 is 0.933 bits per heavy atom. The maximum absolute atomic E-state index is 14.6. The third kappa shape index (κ3) is 9.98.